The number of imide groups is 1. The van der Waals surface area contributed by atoms with Crippen LogP contribution in [0.2, 0.25) is 0 Å². The number of carbonyl (C=O) groups excluding carboxylic acids is 3. The third-order valence-corrected chi connectivity index (χ3v) is 7.94. The van der Waals surface area contributed by atoms with Gasteiger partial charge in [-0.2, -0.15) is 0 Å². The van der Waals surface area contributed by atoms with Crippen LogP contribution in [0.15, 0.2) is 48.5 Å². The van der Waals surface area contributed by atoms with Gasteiger partial charge in [-0.15, -0.1) is 11.3 Å². The SMILES string of the molecule is COc1ccc([C@]2(C)NC(=O)N(CC(=O)N3CCC(c4nc5ccccc5s4)CC3)C2=O)cc1. The molecule has 2 aromatic carbocycles. The molecule has 9 heteroatoms. The smallest absolute Gasteiger partial charge is 0.325 e. The van der Waals surface area contributed by atoms with Crippen molar-refractivity contribution in [2.45, 2.75) is 31.2 Å². The van der Waals surface area contributed by atoms with E-state index in [9.17, 15) is 14.4 Å². The Morgan fingerprint density at radius 1 is 1.15 bits per heavy atom. The van der Waals surface area contributed by atoms with Crippen molar-refractivity contribution in [1.29, 1.82) is 0 Å². The number of ether oxygens (including phenoxy) is 1. The van der Waals surface area contributed by atoms with E-state index in [1.165, 1.54) is 4.70 Å². The van der Waals surface area contributed by atoms with Gasteiger partial charge in [0.05, 0.1) is 22.3 Å². The molecule has 2 aliphatic heterocycles. The monoisotopic (exact) mass is 478 g/mol. The van der Waals surface area contributed by atoms with Gasteiger partial charge in [0.2, 0.25) is 5.91 Å². The summed E-state index contributed by atoms with van der Waals surface area (Å²) in [6.45, 7) is 2.56. The number of hydrogen-bond acceptors (Lipinski definition) is 6. The number of amides is 4. The van der Waals surface area contributed by atoms with Gasteiger partial charge in [0.15, 0.2) is 0 Å². The number of para-hydroxylation sites is 1. The van der Waals surface area contributed by atoms with Crippen molar-refractivity contribution in [2.24, 2.45) is 0 Å². The van der Waals surface area contributed by atoms with Crippen molar-refractivity contribution in [3.8, 4) is 5.75 Å². The first-order valence-corrected chi connectivity index (χ1v) is 12.1. The number of thiazole rings is 1. The molecule has 0 radical (unpaired) electrons. The van der Waals surface area contributed by atoms with Crippen LogP contribution in [-0.4, -0.2) is 59.4 Å². The number of urea groups is 1. The lowest BCUT2D eigenvalue weighted by Crippen LogP contribution is -2.46. The van der Waals surface area contributed by atoms with Crippen LogP contribution >= 0.6 is 11.3 Å². The number of nitrogens with one attached hydrogen (secondary N) is 1. The largest absolute Gasteiger partial charge is 0.497 e. The highest BCUT2D eigenvalue weighted by Gasteiger charge is 2.49. The molecule has 2 saturated heterocycles. The van der Waals surface area contributed by atoms with Crippen molar-refractivity contribution < 1.29 is 19.1 Å². The molecule has 34 heavy (non-hydrogen) atoms. The van der Waals surface area contributed by atoms with Crippen molar-refractivity contribution >= 4 is 39.4 Å². The molecule has 2 aliphatic rings. The average molecular weight is 479 g/mol. The molecular formula is C25H26N4O4S. The summed E-state index contributed by atoms with van der Waals surface area (Å²) in [5.74, 6) is 0.326. The van der Waals surface area contributed by atoms with Crippen LogP contribution in [-0.2, 0) is 15.1 Å². The van der Waals surface area contributed by atoms with E-state index < -0.39 is 17.5 Å². The molecule has 0 aliphatic carbocycles. The van der Waals surface area contributed by atoms with E-state index in [-0.39, 0.29) is 12.5 Å². The molecule has 0 unspecified atom stereocenters. The van der Waals surface area contributed by atoms with Crippen LogP contribution < -0.4 is 10.1 Å². The number of benzene rings is 2. The van der Waals surface area contributed by atoms with Gasteiger partial charge in [0, 0.05) is 19.0 Å². The molecule has 1 N–H and O–H groups in total. The summed E-state index contributed by atoms with van der Waals surface area (Å²) in [6.07, 6.45) is 1.63. The molecule has 0 bridgehead atoms. The summed E-state index contributed by atoms with van der Waals surface area (Å²) in [5, 5.41) is 3.86. The molecule has 5 rings (SSSR count). The van der Waals surface area contributed by atoms with Gasteiger partial charge >= 0.3 is 6.03 Å². The molecule has 1 aromatic heterocycles. The summed E-state index contributed by atoms with van der Waals surface area (Å²) in [6, 6.07) is 14.5. The molecular weight excluding hydrogens is 452 g/mol. The number of hydrogen-bond donors (Lipinski definition) is 1. The topological polar surface area (TPSA) is 91.8 Å². The Morgan fingerprint density at radius 3 is 2.53 bits per heavy atom. The third-order valence-electron chi connectivity index (χ3n) is 6.74. The highest BCUT2D eigenvalue weighted by atomic mass is 32.1. The van der Waals surface area contributed by atoms with E-state index in [1.54, 1.807) is 54.5 Å². The summed E-state index contributed by atoms with van der Waals surface area (Å²) in [5.41, 5.74) is 0.432. The Kier molecular flexibility index (Phi) is 5.73. The maximum atomic E-state index is 13.2. The number of aromatic nitrogens is 1. The Morgan fingerprint density at radius 2 is 1.85 bits per heavy atom. The Labute approximate surface area is 201 Å². The molecule has 176 valence electrons. The average Bonchev–Trinajstić information content (AvgIpc) is 3.39. The minimum Gasteiger partial charge on any atom is -0.497 e. The highest BCUT2D eigenvalue weighted by molar-refractivity contribution is 7.18. The lowest BCUT2D eigenvalue weighted by Gasteiger charge is -2.32. The minimum absolute atomic E-state index is 0.217. The maximum Gasteiger partial charge on any atom is 0.325 e. The predicted octanol–water partition coefficient (Wildman–Crippen LogP) is 3.48. The van der Waals surface area contributed by atoms with Gasteiger partial charge in [-0.1, -0.05) is 24.3 Å². The van der Waals surface area contributed by atoms with Crippen molar-refractivity contribution in [2.75, 3.05) is 26.7 Å². The van der Waals surface area contributed by atoms with Crippen LogP contribution in [0.1, 0.15) is 36.3 Å². The lowest BCUT2D eigenvalue weighted by molar-refractivity contribution is -0.139. The molecule has 3 aromatic rings. The van der Waals surface area contributed by atoms with E-state index in [2.05, 4.69) is 11.4 Å². The number of fused-ring (bicyclic) bond motifs is 1. The first-order valence-electron chi connectivity index (χ1n) is 11.3. The van der Waals surface area contributed by atoms with Gasteiger partial charge < -0.3 is 15.0 Å². The first-order chi connectivity index (χ1) is 16.4. The van der Waals surface area contributed by atoms with Gasteiger partial charge in [0.25, 0.3) is 5.91 Å². The number of likely N-dealkylation sites (tertiary alicyclic amines) is 1. The van der Waals surface area contributed by atoms with E-state index in [0.717, 1.165) is 28.3 Å². The van der Waals surface area contributed by atoms with Crippen molar-refractivity contribution in [3.05, 3.63) is 59.1 Å². The second-order valence-corrected chi connectivity index (χ2v) is 9.91. The number of nitrogens with zero attached hydrogens (tertiary/aromatic N) is 3. The number of methoxy groups -OCH3 is 1. The van der Waals surface area contributed by atoms with Crippen LogP contribution in [0.25, 0.3) is 10.2 Å². The zero-order valence-corrected chi connectivity index (χ0v) is 19.9. The van der Waals surface area contributed by atoms with Crippen molar-refractivity contribution in [3.63, 3.8) is 0 Å². The summed E-state index contributed by atoms with van der Waals surface area (Å²) in [7, 11) is 1.56. The first kappa shape index (κ1) is 22.3. The minimum atomic E-state index is -1.22. The fourth-order valence-corrected chi connectivity index (χ4v) is 5.77. The highest BCUT2D eigenvalue weighted by Crippen LogP contribution is 2.34. The zero-order valence-electron chi connectivity index (χ0n) is 19.1. The zero-order chi connectivity index (χ0) is 23.9. The molecule has 2 fully saturated rings. The fraction of sp³-hybridized carbons (Fsp3) is 0.360. The van der Waals surface area contributed by atoms with Crippen LogP contribution in [0.4, 0.5) is 4.79 Å². The Balaban J connectivity index is 1.22. The molecule has 0 spiro atoms. The Bertz CT molecular complexity index is 1220. The fourth-order valence-electron chi connectivity index (χ4n) is 4.64. The molecule has 8 nitrogen and oxygen atoms in total. The number of carbonyl (C=O) groups is 3. The summed E-state index contributed by atoms with van der Waals surface area (Å²) in [4.78, 5) is 46.3. The standard InChI is InChI=1S/C25H26N4O4S/c1-25(17-7-9-18(33-2)10-8-17)23(31)29(24(32)27-25)15-21(30)28-13-11-16(12-14-28)22-26-19-5-3-4-6-20(19)34-22/h3-10,16H,11-15H2,1-2H3,(H,27,32)/t25-/m0/s1. The van der Waals surface area contributed by atoms with Gasteiger partial charge in [-0.05, 0) is 49.6 Å². The molecule has 4 amide bonds. The van der Waals surface area contributed by atoms with Crippen LogP contribution in [0.5, 0.6) is 5.75 Å². The molecule has 0 saturated carbocycles. The predicted molar refractivity (Wildman–Crippen MR) is 129 cm³/mol. The van der Waals surface area contributed by atoms with E-state index >= 15 is 0 Å². The number of rotatable bonds is 5. The maximum absolute atomic E-state index is 13.2. The van der Waals surface area contributed by atoms with Gasteiger partial charge in [-0.3, -0.25) is 14.5 Å². The Hall–Kier alpha value is -3.46. The quantitative estimate of drug-likeness (QED) is 0.567. The summed E-state index contributed by atoms with van der Waals surface area (Å²) >= 11 is 1.71. The molecule has 1 atom stereocenters. The van der Waals surface area contributed by atoms with Crippen LogP contribution in [0.3, 0.4) is 0 Å². The second kappa shape index (κ2) is 8.72. The van der Waals surface area contributed by atoms with Crippen LogP contribution in [0, 0.1) is 0 Å². The van der Waals surface area contributed by atoms with Gasteiger partial charge in [0.1, 0.15) is 17.8 Å². The lowest BCUT2D eigenvalue weighted by atomic mass is 9.92. The summed E-state index contributed by atoms with van der Waals surface area (Å²) < 4.78 is 6.34. The normalized spacial score (nSPS) is 21.2. The van der Waals surface area contributed by atoms with E-state index in [0.29, 0.717) is 30.3 Å². The second-order valence-electron chi connectivity index (χ2n) is 8.85. The van der Waals surface area contributed by atoms with E-state index in [4.69, 9.17) is 9.72 Å². The van der Waals surface area contributed by atoms with Crippen molar-refractivity contribution in [1.82, 2.24) is 20.1 Å². The van der Waals surface area contributed by atoms with Gasteiger partial charge in [-0.25, -0.2) is 9.78 Å². The van der Waals surface area contributed by atoms with E-state index in [1.807, 2.05) is 18.2 Å². The number of piperidine rings is 1. The molecule has 3 heterocycles. The third kappa shape index (κ3) is 3.90.